The maximum absolute atomic E-state index is 12.8. The number of carboxylic acid groups (broad SMARTS) is 1. The minimum atomic E-state index is -4.37. The molecule has 1 aliphatic heterocycles. The second kappa shape index (κ2) is 6.75. The minimum absolute atomic E-state index is 0.326. The van der Waals surface area contributed by atoms with Gasteiger partial charge in [-0.3, -0.25) is 9.69 Å². The predicted molar refractivity (Wildman–Crippen MR) is 83.5 cm³/mol. The van der Waals surface area contributed by atoms with Crippen molar-refractivity contribution in [3.05, 3.63) is 35.4 Å². The largest absolute Gasteiger partial charge is 0.481 e. The van der Waals surface area contributed by atoms with Crippen molar-refractivity contribution in [3.8, 4) is 0 Å². The van der Waals surface area contributed by atoms with Gasteiger partial charge in [0.15, 0.2) is 0 Å². The van der Waals surface area contributed by atoms with E-state index in [0.717, 1.165) is 37.8 Å². The Bertz CT molecular complexity index is 579. The van der Waals surface area contributed by atoms with Crippen LogP contribution in [0.2, 0.25) is 0 Å². The topological polar surface area (TPSA) is 40.5 Å². The molecule has 0 amide bonds. The van der Waals surface area contributed by atoms with Gasteiger partial charge in [-0.2, -0.15) is 13.2 Å². The van der Waals surface area contributed by atoms with Crippen molar-refractivity contribution in [1.82, 2.24) is 4.90 Å². The van der Waals surface area contributed by atoms with Gasteiger partial charge in [0.05, 0.1) is 11.5 Å². The molecule has 6 heteroatoms. The van der Waals surface area contributed by atoms with Crippen molar-refractivity contribution >= 4 is 5.97 Å². The number of hydrogen-bond donors (Lipinski definition) is 1. The lowest BCUT2D eigenvalue weighted by molar-refractivity contribution is -0.143. The van der Waals surface area contributed by atoms with E-state index in [2.05, 4.69) is 4.90 Å². The Kier molecular flexibility index (Phi) is 4.85. The fraction of sp³-hybridized carbons (Fsp3) is 0.611. The number of benzene rings is 1. The first-order chi connectivity index (χ1) is 11.4. The third-order valence-electron chi connectivity index (χ3n) is 5.38. The molecular weight excluding hydrogens is 319 g/mol. The van der Waals surface area contributed by atoms with Crippen molar-refractivity contribution in [2.75, 3.05) is 6.54 Å². The second-order valence-corrected chi connectivity index (χ2v) is 6.83. The van der Waals surface area contributed by atoms with Gasteiger partial charge in [0.25, 0.3) is 0 Å². The summed E-state index contributed by atoms with van der Waals surface area (Å²) in [4.78, 5) is 13.9. The Hall–Kier alpha value is -1.56. The molecule has 2 aliphatic rings. The van der Waals surface area contributed by atoms with E-state index in [1.165, 1.54) is 18.6 Å². The van der Waals surface area contributed by atoms with Crippen LogP contribution in [0.25, 0.3) is 0 Å². The Morgan fingerprint density at radius 1 is 1.04 bits per heavy atom. The number of likely N-dealkylation sites (tertiary alicyclic amines) is 1. The van der Waals surface area contributed by atoms with Crippen molar-refractivity contribution in [2.45, 2.75) is 56.8 Å². The average molecular weight is 341 g/mol. The minimum Gasteiger partial charge on any atom is -0.481 e. The normalized spacial score (nSPS) is 26.6. The summed E-state index contributed by atoms with van der Waals surface area (Å²) in [5.74, 6) is -1.41. The van der Waals surface area contributed by atoms with E-state index in [1.54, 1.807) is 0 Å². The molecule has 0 bridgehead atoms. The molecule has 0 radical (unpaired) electrons. The molecule has 0 spiro atoms. The Labute approximate surface area is 139 Å². The number of aliphatic carboxylic acids is 1. The third-order valence-corrected chi connectivity index (χ3v) is 5.38. The van der Waals surface area contributed by atoms with Gasteiger partial charge in [-0.1, -0.05) is 31.4 Å². The highest BCUT2D eigenvalue weighted by atomic mass is 19.4. The number of carbonyl (C=O) groups is 1. The van der Waals surface area contributed by atoms with Crippen molar-refractivity contribution in [1.29, 1.82) is 0 Å². The van der Waals surface area contributed by atoms with E-state index in [9.17, 15) is 23.1 Å². The third kappa shape index (κ3) is 3.43. The van der Waals surface area contributed by atoms with Gasteiger partial charge in [0, 0.05) is 12.1 Å². The van der Waals surface area contributed by atoms with E-state index in [0.29, 0.717) is 24.6 Å². The predicted octanol–water partition coefficient (Wildman–Crippen LogP) is 4.49. The molecule has 24 heavy (non-hydrogen) atoms. The molecule has 1 saturated carbocycles. The van der Waals surface area contributed by atoms with Gasteiger partial charge < -0.3 is 5.11 Å². The zero-order valence-corrected chi connectivity index (χ0v) is 13.4. The van der Waals surface area contributed by atoms with E-state index in [4.69, 9.17) is 0 Å². The highest BCUT2D eigenvalue weighted by Gasteiger charge is 2.43. The molecule has 1 aliphatic carbocycles. The molecule has 3 rings (SSSR count). The summed E-state index contributed by atoms with van der Waals surface area (Å²) in [5.41, 5.74) is -0.0150. The number of halogens is 3. The maximum atomic E-state index is 12.8. The first-order valence-corrected chi connectivity index (χ1v) is 8.53. The zero-order chi connectivity index (χ0) is 17.3. The lowest BCUT2D eigenvalue weighted by Gasteiger charge is -2.36. The first kappa shape index (κ1) is 17.3. The Balaban J connectivity index is 1.88. The van der Waals surface area contributed by atoms with Crippen LogP contribution in [-0.2, 0) is 11.0 Å². The van der Waals surface area contributed by atoms with E-state index in [-0.39, 0.29) is 6.04 Å². The molecule has 3 nitrogen and oxygen atoms in total. The maximum Gasteiger partial charge on any atom is 0.416 e. The average Bonchev–Trinajstić information content (AvgIpc) is 3.00. The Morgan fingerprint density at radius 3 is 2.21 bits per heavy atom. The molecule has 2 unspecified atom stereocenters. The number of carboxylic acids is 1. The molecule has 2 fully saturated rings. The van der Waals surface area contributed by atoms with Gasteiger partial charge in [-0.15, -0.1) is 0 Å². The summed E-state index contributed by atoms with van der Waals surface area (Å²) >= 11 is 0. The fourth-order valence-electron chi connectivity index (χ4n) is 4.19. The van der Waals surface area contributed by atoms with Crippen LogP contribution >= 0.6 is 0 Å². The number of alkyl halides is 3. The van der Waals surface area contributed by atoms with Gasteiger partial charge in [-0.05, 0) is 43.5 Å². The zero-order valence-electron chi connectivity index (χ0n) is 13.4. The van der Waals surface area contributed by atoms with Gasteiger partial charge in [0.2, 0.25) is 0 Å². The summed E-state index contributed by atoms with van der Waals surface area (Å²) in [6.07, 6.45) is 1.75. The van der Waals surface area contributed by atoms with Gasteiger partial charge in [0.1, 0.15) is 0 Å². The van der Waals surface area contributed by atoms with Gasteiger partial charge >= 0.3 is 12.1 Å². The van der Waals surface area contributed by atoms with Crippen LogP contribution in [0.4, 0.5) is 13.2 Å². The molecular formula is C18H22F3NO2. The fourth-order valence-corrected chi connectivity index (χ4v) is 4.19. The van der Waals surface area contributed by atoms with Gasteiger partial charge in [-0.25, -0.2) is 0 Å². The molecule has 0 aromatic heterocycles. The van der Waals surface area contributed by atoms with Crippen LogP contribution in [0.5, 0.6) is 0 Å². The standard InChI is InChI=1S/C18H22F3NO2/c19-18(20,21)13-8-6-12(7-9-13)16-15(17(23)24)10-11-22(16)14-4-2-1-3-5-14/h6-9,14-16H,1-5,10-11H2,(H,23,24). The monoisotopic (exact) mass is 341 g/mol. The van der Waals surface area contributed by atoms with Crippen molar-refractivity contribution in [2.24, 2.45) is 5.92 Å². The van der Waals surface area contributed by atoms with Crippen LogP contribution in [0.1, 0.15) is 55.7 Å². The molecule has 1 saturated heterocycles. The van der Waals surface area contributed by atoms with Crippen LogP contribution in [0.15, 0.2) is 24.3 Å². The summed E-state index contributed by atoms with van der Waals surface area (Å²) in [7, 11) is 0. The number of nitrogens with zero attached hydrogens (tertiary/aromatic N) is 1. The second-order valence-electron chi connectivity index (χ2n) is 6.83. The van der Waals surface area contributed by atoms with E-state index >= 15 is 0 Å². The SMILES string of the molecule is O=C(O)C1CCN(C2CCCCC2)C1c1ccc(C(F)(F)F)cc1. The van der Waals surface area contributed by atoms with Crippen LogP contribution in [0, 0.1) is 5.92 Å². The smallest absolute Gasteiger partial charge is 0.416 e. The number of hydrogen-bond acceptors (Lipinski definition) is 2. The lowest BCUT2D eigenvalue weighted by Crippen LogP contribution is -2.38. The molecule has 1 N–H and O–H groups in total. The lowest BCUT2D eigenvalue weighted by atomic mass is 9.89. The van der Waals surface area contributed by atoms with Crippen molar-refractivity contribution < 1.29 is 23.1 Å². The number of rotatable bonds is 3. The first-order valence-electron chi connectivity index (χ1n) is 8.53. The molecule has 1 aromatic carbocycles. The summed E-state index contributed by atoms with van der Waals surface area (Å²) < 4.78 is 38.3. The molecule has 132 valence electrons. The Morgan fingerprint density at radius 2 is 1.67 bits per heavy atom. The van der Waals surface area contributed by atoms with Crippen LogP contribution in [0.3, 0.4) is 0 Å². The summed E-state index contributed by atoms with van der Waals surface area (Å²) in [6, 6.07) is 5.04. The van der Waals surface area contributed by atoms with Crippen molar-refractivity contribution in [3.63, 3.8) is 0 Å². The summed E-state index contributed by atoms with van der Waals surface area (Å²) in [6.45, 7) is 0.702. The highest BCUT2D eigenvalue weighted by molar-refractivity contribution is 5.71. The van der Waals surface area contributed by atoms with Crippen LogP contribution < -0.4 is 0 Å². The summed E-state index contributed by atoms with van der Waals surface area (Å²) in [5, 5.41) is 9.54. The van der Waals surface area contributed by atoms with E-state index < -0.39 is 23.6 Å². The van der Waals surface area contributed by atoms with Crippen LogP contribution in [-0.4, -0.2) is 28.6 Å². The molecule has 2 atom stereocenters. The molecule has 1 heterocycles. The highest BCUT2D eigenvalue weighted by Crippen LogP contribution is 2.42. The molecule has 1 aromatic rings. The van der Waals surface area contributed by atoms with E-state index in [1.807, 2.05) is 0 Å². The quantitative estimate of drug-likeness (QED) is 0.881.